The van der Waals surface area contributed by atoms with Crippen LogP contribution in [-0.4, -0.2) is 18.7 Å². The van der Waals surface area contributed by atoms with E-state index in [0.717, 1.165) is 25.7 Å². The van der Waals surface area contributed by atoms with Crippen LogP contribution in [0.5, 0.6) is 5.75 Å². The Morgan fingerprint density at radius 1 is 1.21 bits per heavy atom. The number of rotatable bonds is 8. The molecule has 0 aliphatic carbocycles. The summed E-state index contributed by atoms with van der Waals surface area (Å²) < 4.78 is 11.0. The van der Waals surface area contributed by atoms with Gasteiger partial charge in [0.2, 0.25) is 0 Å². The Morgan fingerprint density at radius 3 is 2.58 bits per heavy atom. The molecule has 0 heterocycles. The van der Waals surface area contributed by atoms with E-state index in [1.165, 1.54) is 0 Å². The molecule has 1 atom stereocenters. The largest absolute Gasteiger partial charge is 0.493 e. The minimum atomic E-state index is -0.285. The fraction of sp³-hybridized carbons (Fsp3) is 0.562. The summed E-state index contributed by atoms with van der Waals surface area (Å²) in [5, 5.41) is 0. The molecule has 0 aliphatic rings. The standard InChI is InChI=1S/C16H24O3/c1-4-7-10-13(5-2)19-16(17)14-11-8-9-12-15(14)18-6-3/h8-9,11-13H,4-7,10H2,1-3H3. The molecule has 3 nitrogen and oxygen atoms in total. The van der Waals surface area contributed by atoms with Gasteiger partial charge >= 0.3 is 5.97 Å². The van der Waals surface area contributed by atoms with E-state index in [4.69, 9.17) is 9.47 Å². The van der Waals surface area contributed by atoms with Crippen LogP contribution in [0.4, 0.5) is 0 Å². The SMILES string of the molecule is CCCCC(CC)OC(=O)c1ccccc1OCC. The number of hydrogen-bond donors (Lipinski definition) is 0. The molecule has 106 valence electrons. The highest BCUT2D eigenvalue weighted by atomic mass is 16.5. The third kappa shape index (κ3) is 4.93. The van der Waals surface area contributed by atoms with Crippen LogP contribution in [0.1, 0.15) is 56.8 Å². The number of benzene rings is 1. The van der Waals surface area contributed by atoms with Crippen LogP contribution in [0.15, 0.2) is 24.3 Å². The van der Waals surface area contributed by atoms with Gasteiger partial charge in [0.25, 0.3) is 0 Å². The number of hydrogen-bond acceptors (Lipinski definition) is 3. The summed E-state index contributed by atoms with van der Waals surface area (Å²) in [7, 11) is 0. The Bertz CT molecular complexity index is 387. The first-order valence-electron chi connectivity index (χ1n) is 7.15. The maximum atomic E-state index is 12.2. The summed E-state index contributed by atoms with van der Waals surface area (Å²) >= 11 is 0. The van der Waals surface area contributed by atoms with E-state index in [9.17, 15) is 4.79 Å². The van der Waals surface area contributed by atoms with Gasteiger partial charge in [-0.15, -0.1) is 0 Å². The molecule has 0 aromatic heterocycles. The summed E-state index contributed by atoms with van der Waals surface area (Å²) in [6, 6.07) is 7.23. The normalized spacial score (nSPS) is 11.9. The van der Waals surface area contributed by atoms with Crippen molar-refractivity contribution in [2.75, 3.05) is 6.61 Å². The Labute approximate surface area is 115 Å². The van der Waals surface area contributed by atoms with E-state index >= 15 is 0 Å². The van der Waals surface area contributed by atoms with Gasteiger partial charge < -0.3 is 9.47 Å². The molecule has 0 amide bonds. The zero-order valence-electron chi connectivity index (χ0n) is 12.1. The van der Waals surface area contributed by atoms with Gasteiger partial charge in [0.1, 0.15) is 17.4 Å². The summed E-state index contributed by atoms with van der Waals surface area (Å²) in [4.78, 5) is 12.2. The van der Waals surface area contributed by atoms with Gasteiger partial charge in [0, 0.05) is 0 Å². The maximum absolute atomic E-state index is 12.2. The average Bonchev–Trinajstić information content (AvgIpc) is 2.44. The second-order valence-electron chi connectivity index (χ2n) is 4.51. The van der Waals surface area contributed by atoms with Crippen molar-refractivity contribution in [3.63, 3.8) is 0 Å². The number of esters is 1. The molecule has 3 heteroatoms. The minimum absolute atomic E-state index is 0.00197. The van der Waals surface area contributed by atoms with Crippen LogP contribution < -0.4 is 4.74 Å². The highest BCUT2D eigenvalue weighted by molar-refractivity contribution is 5.92. The van der Waals surface area contributed by atoms with Crippen LogP contribution >= 0.6 is 0 Å². The number of para-hydroxylation sites is 1. The summed E-state index contributed by atoms with van der Waals surface area (Å²) in [5.41, 5.74) is 0.513. The lowest BCUT2D eigenvalue weighted by atomic mass is 10.1. The summed E-state index contributed by atoms with van der Waals surface area (Å²) in [6.45, 7) is 6.62. The van der Waals surface area contributed by atoms with E-state index in [0.29, 0.717) is 17.9 Å². The van der Waals surface area contributed by atoms with Gasteiger partial charge in [-0.3, -0.25) is 0 Å². The van der Waals surface area contributed by atoms with Crippen molar-refractivity contribution in [2.45, 2.75) is 52.6 Å². The first-order chi connectivity index (χ1) is 9.22. The molecule has 1 aromatic rings. The van der Waals surface area contributed by atoms with E-state index in [1.54, 1.807) is 12.1 Å². The fourth-order valence-corrected chi connectivity index (χ4v) is 1.91. The van der Waals surface area contributed by atoms with Crippen molar-refractivity contribution in [3.05, 3.63) is 29.8 Å². The fourth-order valence-electron chi connectivity index (χ4n) is 1.91. The monoisotopic (exact) mass is 264 g/mol. The first-order valence-corrected chi connectivity index (χ1v) is 7.15. The van der Waals surface area contributed by atoms with Gasteiger partial charge in [-0.05, 0) is 31.9 Å². The molecule has 1 rings (SSSR count). The van der Waals surface area contributed by atoms with Crippen LogP contribution in [0.3, 0.4) is 0 Å². The minimum Gasteiger partial charge on any atom is -0.493 e. The van der Waals surface area contributed by atoms with Gasteiger partial charge in [-0.25, -0.2) is 4.79 Å². The number of carbonyl (C=O) groups excluding carboxylic acids is 1. The van der Waals surface area contributed by atoms with E-state index in [1.807, 2.05) is 26.0 Å². The number of carbonyl (C=O) groups is 1. The Kier molecular flexibility index (Phi) is 7.01. The van der Waals surface area contributed by atoms with Crippen LogP contribution in [-0.2, 0) is 4.74 Å². The second-order valence-corrected chi connectivity index (χ2v) is 4.51. The lowest BCUT2D eigenvalue weighted by Gasteiger charge is -2.17. The molecule has 0 bridgehead atoms. The Balaban J connectivity index is 2.71. The topological polar surface area (TPSA) is 35.5 Å². The van der Waals surface area contributed by atoms with Gasteiger partial charge in [-0.1, -0.05) is 38.8 Å². The van der Waals surface area contributed by atoms with Gasteiger partial charge in [0.15, 0.2) is 0 Å². The Hall–Kier alpha value is -1.51. The number of unbranched alkanes of at least 4 members (excludes halogenated alkanes) is 1. The lowest BCUT2D eigenvalue weighted by molar-refractivity contribution is 0.0264. The van der Waals surface area contributed by atoms with Crippen LogP contribution in [0.25, 0.3) is 0 Å². The van der Waals surface area contributed by atoms with Crippen molar-refractivity contribution < 1.29 is 14.3 Å². The molecule has 1 unspecified atom stereocenters. The molecular weight excluding hydrogens is 240 g/mol. The number of ether oxygens (including phenoxy) is 2. The van der Waals surface area contributed by atoms with E-state index in [-0.39, 0.29) is 12.1 Å². The molecule has 0 aliphatic heterocycles. The average molecular weight is 264 g/mol. The second kappa shape index (κ2) is 8.57. The molecule has 0 saturated carbocycles. The van der Waals surface area contributed by atoms with Crippen molar-refractivity contribution in [1.82, 2.24) is 0 Å². The first kappa shape index (κ1) is 15.5. The van der Waals surface area contributed by atoms with Crippen molar-refractivity contribution in [3.8, 4) is 5.75 Å². The quantitative estimate of drug-likeness (QED) is 0.660. The molecule has 0 fully saturated rings. The van der Waals surface area contributed by atoms with E-state index in [2.05, 4.69) is 6.92 Å². The molecule has 0 spiro atoms. The maximum Gasteiger partial charge on any atom is 0.342 e. The van der Waals surface area contributed by atoms with Crippen LogP contribution in [0, 0.1) is 0 Å². The predicted molar refractivity (Wildman–Crippen MR) is 76.6 cm³/mol. The third-order valence-corrected chi connectivity index (χ3v) is 3.02. The smallest absolute Gasteiger partial charge is 0.342 e. The molecule has 0 N–H and O–H groups in total. The molecule has 19 heavy (non-hydrogen) atoms. The summed E-state index contributed by atoms with van der Waals surface area (Å²) in [5.74, 6) is 0.312. The zero-order chi connectivity index (χ0) is 14.1. The highest BCUT2D eigenvalue weighted by Crippen LogP contribution is 2.20. The highest BCUT2D eigenvalue weighted by Gasteiger charge is 2.17. The lowest BCUT2D eigenvalue weighted by Crippen LogP contribution is -2.18. The van der Waals surface area contributed by atoms with Crippen LogP contribution in [0.2, 0.25) is 0 Å². The van der Waals surface area contributed by atoms with Crippen molar-refractivity contribution in [1.29, 1.82) is 0 Å². The molecule has 0 saturated heterocycles. The predicted octanol–water partition coefficient (Wildman–Crippen LogP) is 4.21. The molecule has 1 aromatic carbocycles. The third-order valence-electron chi connectivity index (χ3n) is 3.02. The Morgan fingerprint density at radius 2 is 1.95 bits per heavy atom. The van der Waals surface area contributed by atoms with Crippen molar-refractivity contribution in [2.24, 2.45) is 0 Å². The van der Waals surface area contributed by atoms with E-state index < -0.39 is 0 Å². The molecular formula is C16H24O3. The van der Waals surface area contributed by atoms with Gasteiger partial charge in [-0.2, -0.15) is 0 Å². The van der Waals surface area contributed by atoms with Crippen molar-refractivity contribution >= 4 is 5.97 Å². The molecule has 0 radical (unpaired) electrons. The van der Waals surface area contributed by atoms with Gasteiger partial charge in [0.05, 0.1) is 6.61 Å². The summed E-state index contributed by atoms with van der Waals surface area (Å²) in [6.07, 6.45) is 3.97. The zero-order valence-corrected chi connectivity index (χ0v) is 12.1.